The third kappa shape index (κ3) is 1.94. The average Bonchev–Trinajstić information content (AvgIpc) is 2.43. The normalized spacial score (nSPS) is 43.5. The van der Waals surface area contributed by atoms with Gasteiger partial charge in [-0.25, -0.2) is 0 Å². The van der Waals surface area contributed by atoms with Crippen LogP contribution in [-0.2, 0) is 0 Å². The van der Waals surface area contributed by atoms with Gasteiger partial charge in [-0.05, 0) is 38.5 Å². The monoisotopic (exact) mass is 181 g/mol. The summed E-state index contributed by atoms with van der Waals surface area (Å²) in [5.74, 6) is 0. The van der Waals surface area contributed by atoms with Crippen molar-refractivity contribution in [3.63, 3.8) is 0 Å². The Hall–Kier alpha value is -0.340. The number of allylic oxidation sites excluding steroid dienone is 1. The fourth-order valence-corrected chi connectivity index (χ4v) is 2.80. The van der Waals surface area contributed by atoms with Gasteiger partial charge in [-0.3, -0.25) is 0 Å². The molecule has 2 rings (SSSR count). The second-order valence-corrected chi connectivity index (χ2v) is 4.60. The largest absolute Gasteiger partial charge is 0.390 e. The summed E-state index contributed by atoms with van der Waals surface area (Å²) in [6, 6.07) is 1.15. The Morgan fingerprint density at radius 2 is 2.00 bits per heavy atom. The molecule has 0 aromatic rings. The minimum absolute atomic E-state index is 0.398. The lowest BCUT2D eigenvalue weighted by Gasteiger charge is -2.37. The van der Waals surface area contributed by atoms with Gasteiger partial charge in [-0.15, -0.1) is 6.58 Å². The number of fused-ring (bicyclic) bond motifs is 2. The van der Waals surface area contributed by atoms with E-state index in [0.717, 1.165) is 25.7 Å². The minimum Gasteiger partial charge on any atom is -0.390 e. The molecule has 74 valence electrons. The van der Waals surface area contributed by atoms with Crippen molar-refractivity contribution in [3.8, 4) is 0 Å². The van der Waals surface area contributed by atoms with Crippen molar-refractivity contribution in [2.24, 2.45) is 0 Å². The molecule has 2 saturated heterocycles. The summed E-state index contributed by atoms with van der Waals surface area (Å²) in [6.07, 6.45) is 8.12. The first-order valence-electron chi connectivity index (χ1n) is 5.31. The highest BCUT2D eigenvalue weighted by Gasteiger charge is 2.41. The maximum absolute atomic E-state index is 10.3. The number of hydrogen-bond acceptors (Lipinski definition) is 2. The topological polar surface area (TPSA) is 32.3 Å². The van der Waals surface area contributed by atoms with Gasteiger partial charge in [0.1, 0.15) is 0 Å². The second-order valence-electron chi connectivity index (χ2n) is 4.60. The molecule has 2 unspecified atom stereocenters. The summed E-state index contributed by atoms with van der Waals surface area (Å²) >= 11 is 0. The number of hydrogen-bond donors (Lipinski definition) is 2. The average molecular weight is 181 g/mol. The van der Waals surface area contributed by atoms with Gasteiger partial charge in [0.05, 0.1) is 5.60 Å². The molecule has 2 aliphatic heterocycles. The minimum atomic E-state index is -0.398. The Labute approximate surface area is 80.0 Å². The summed E-state index contributed by atoms with van der Waals surface area (Å²) in [7, 11) is 0. The molecule has 0 radical (unpaired) electrons. The molecule has 2 atom stereocenters. The molecule has 2 N–H and O–H groups in total. The van der Waals surface area contributed by atoms with Crippen LogP contribution in [0.4, 0.5) is 0 Å². The summed E-state index contributed by atoms with van der Waals surface area (Å²) in [5, 5.41) is 13.8. The molecule has 2 bridgehead atoms. The Balaban J connectivity index is 1.95. The van der Waals surface area contributed by atoms with E-state index in [-0.39, 0.29) is 0 Å². The van der Waals surface area contributed by atoms with Crippen LogP contribution < -0.4 is 5.32 Å². The van der Waals surface area contributed by atoms with Crippen LogP contribution in [0, 0.1) is 0 Å². The van der Waals surface area contributed by atoms with Crippen molar-refractivity contribution >= 4 is 0 Å². The Kier molecular flexibility index (Phi) is 2.43. The second kappa shape index (κ2) is 3.43. The van der Waals surface area contributed by atoms with Crippen molar-refractivity contribution < 1.29 is 5.11 Å². The molecule has 0 saturated carbocycles. The van der Waals surface area contributed by atoms with Crippen LogP contribution in [0.15, 0.2) is 12.7 Å². The van der Waals surface area contributed by atoms with Crippen LogP contribution in [0.2, 0.25) is 0 Å². The van der Waals surface area contributed by atoms with Crippen molar-refractivity contribution in [2.75, 3.05) is 0 Å². The Morgan fingerprint density at radius 3 is 2.54 bits per heavy atom. The van der Waals surface area contributed by atoms with Gasteiger partial charge in [0, 0.05) is 12.1 Å². The molecule has 2 nitrogen and oxygen atoms in total. The van der Waals surface area contributed by atoms with Gasteiger partial charge in [0.2, 0.25) is 0 Å². The molecule has 2 fully saturated rings. The highest BCUT2D eigenvalue weighted by Crippen LogP contribution is 2.36. The van der Waals surface area contributed by atoms with Crippen LogP contribution in [0.5, 0.6) is 0 Å². The summed E-state index contributed by atoms with van der Waals surface area (Å²) in [5.41, 5.74) is -0.398. The van der Waals surface area contributed by atoms with Crippen LogP contribution in [0.1, 0.15) is 38.5 Å². The van der Waals surface area contributed by atoms with E-state index in [4.69, 9.17) is 0 Å². The predicted molar refractivity (Wildman–Crippen MR) is 53.6 cm³/mol. The van der Waals surface area contributed by atoms with Crippen LogP contribution >= 0.6 is 0 Å². The van der Waals surface area contributed by atoms with Crippen molar-refractivity contribution in [2.45, 2.75) is 56.2 Å². The van der Waals surface area contributed by atoms with Crippen LogP contribution in [-0.4, -0.2) is 22.8 Å². The third-order valence-electron chi connectivity index (χ3n) is 3.40. The molecule has 2 heteroatoms. The van der Waals surface area contributed by atoms with Crippen LogP contribution in [0.3, 0.4) is 0 Å². The molecule has 0 spiro atoms. The van der Waals surface area contributed by atoms with E-state index < -0.39 is 5.60 Å². The zero-order valence-electron chi connectivity index (χ0n) is 8.13. The zero-order valence-corrected chi connectivity index (χ0v) is 8.13. The van der Waals surface area contributed by atoms with E-state index >= 15 is 0 Å². The highest BCUT2D eigenvalue weighted by atomic mass is 16.3. The van der Waals surface area contributed by atoms with Gasteiger partial charge in [-0.2, -0.15) is 0 Å². The molecule has 0 amide bonds. The molecule has 0 aliphatic carbocycles. The van der Waals surface area contributed by atoms with Gasteiger partial charge >= 0.3 is 0 Å². The van der Waals surface area contributed by atoms with Gasteiger partial charge in [0.25, 0.3) is 0 Å². The van der Waals surface area contributed by atoms with Crippen molar-refractivity contribution in [1.82, 2.24) is 5.32 Å². The van der Waals surface area contributed by atoms with E-state index in [0.29, 0.717) is 12.1 Å². The summed E-state index contributed by atoms with van der Waals surface area (Å²) in [6.45, 7) is 3.70. The van der Waals surface area contributed by atoms with E-state index in [1.54, 1.807) is 0 Å². The number of aliphatic hydroxyl groups is 1. The fraction of sp³-hybridized carbons (Fsp3) is 0.818. The lowest BCUT2D eigenvalue weighted by Crippen LogP contribution is -2.48. The Morgan fingerprint density at radius 1 is 1.38 bits per heavy atom. The van der Waals surface area contributed by atoms with Gasteiger partial charge in [0.15, 0.2) is 0 Å². The zero-order chi connectivity index (χ0) is 9.31. The summed E-state index contributed by atoms with van der Waals surface area (Å²) in [4.78, 5) is 0. The van der Waals surface area contributed by atoms with Crippen molar-refractivity contribution in [1.29, 1.82) is 0 Å². The number of piperidine rings is 1. The van der Waals surface area contributed by atoms with Crippen LogP contribution in [0.25, 0.3) is 0 Å². The molecule has 0 aromatic heterocycles. The third-order valence-corrected chi connectivity index (χ3v) is 3.40. The molecule has 2 heterocycles. The Bertz CT molecular complexity index is 190. The first kappa shape index (κ1) is 9.22. The van der Waals surface area contributed by atoms with Crippen molar-refractivity contribution in [3.05, 3.63) is 12.7 Å². The first-order chi connectivity index (χ1) is 6.22. The SMILES string of the molecule is C=CCCC1(O)CC2CCC(C1)N2. The van der Waals surface area contributed by atoms with E-state index in [2.05, 4.69) is 11.9 Å². The number of nitrogens with one attached hydrogen (secondary N) is 1. The molecule has 2 aliphatic rings. The van der Waals surface area contributed by atoms with E-state index in [1.165, 1.54) is 12.8 Å². The standard InChI is InChI=1S/C11H19NO/c1-2-3-6-11(13)7-9-4-5-10(8-11)12-9/h2,9-10,12-13H,1,3-8H2. The van der Waals surface area contributed by atoms with Gasteiger partial charge in [-0.1, -0.05) is 6.08 Å². The molecule has 0 aromatic carbocycles. The molecule has 13 heavy (non-hydrogen) atoms. The fourth-order valence-electron chi connectivity index (χ4n) is 2.80. The van der Waals surface area contributed by atoms with E-state index in [1.807, 2.05) is 6.08 Å². The lowest BCUT2D eigenvalue weighted by atomic mass is 9.84. The maximum Gasteiger partial charge on any atom is 0.0680 e. The quantitative estimate of drug-likeness (QED) is 0.648. The highest BCUT2D eigenvalue weighted by molar-refractivity contribution is 5.00. The summed E-state index contributed by atoms with van der Waals surface area (Å²) < 4.78 is 0. The lowest BCUT2D eigenvalue weighted by molar-refractivity contribution is -0.0130. The first-order valence-corrected chi connectivity index (χ1v) is 5.31. The maximum atomic E-state index is 10.3. The molecular formula is C11H19NO. The molecular weight excluding hydrogens is 162 g/mol. The number of rotatable bonds is 3. The van der Waals surface area contributed by atoms with E-state index in [9.17, 15) is 5.11 Å². The predicted octanol–water partition coefficient (Wildman–Crippen LogP) is 1.60. The smallest absolute Gasteiger partial charge is 0.0680 e. The van der Waals surface area contributed by atoms with Gasteiger partial charge < -0.3 is 10.4 Å².